The molecule has 2 aromatic rings. The zero-order valence-corrected chi connectivity index (χ0v) is 11.2. The van der Waals surface area contributed by atoms with Gasteiger partial charge < -0.3 is 15.5 Å². The second-order valence-electron chi connectivity index (χ2n) is 4.22. The first-order valence-electron chi connectivity index (χ1n) is 6.09. The summed E-state index contributed by atoms with van der Waals surface area (Å²) in [6.45, 7) is -0.271. The van der Waals surface area contributed by atoms with E-state index < -0.39 is 6.10 Å². The molecule has 1 aromatic heterocycles. The average Bonchev–Trinajstić information content (AvgIpc) is 2.85. The molecule has 0 aliphatic heterocycles. The molecule has 0 fully saturated rings. The zero-order chi connectivity index (χ0) is 13.7. The molecule has 102 valence electrons. The lowest BCUT2D eigenvalue weighted by atomic mass is 10.3. The number of fused-ring (bicyclic) bond motifs is 1. The van der Waals surface area contributed by atoms with Crippen LogP contribution in [-0.2, 0) is 11.2 Å². The molecule has 0 saturated heterocycles. The number of aliphatic hydroxyl groups excluding tert-OH is 2. The molecule has 0 radical (unpaired) electrons. The minimum atomic E-state index is -0.897. The number of nitrogens with zero attached hydrogens (tertiary/aromatic N) is 1. The smallest absolute Gasteiger partial charge is 0.220 e. The van der Waals surface area contributed by atoms with Gasteiger partial charge in [-0.05, 0) is 12.1 Å². The van der Waals surface area contributed by atoms with Crippen LogP contribution in [0.5, 0.6) is 0 Å². The first-order valence-corrected chi connectivity index (χ1v) is 6.91. The van der Waals surface area contributed by atoms with Gasteiger partial charge in [-0.1, -0.05) is 12.1 Å². The highest BCUT2D eigenvalue weighted by Crippen LogP contribution is 2.22. The molecule has 2 rings (SSSR count). The number of carbonyl (C=O) groups excluding carboxylic acids is 1. The Kier molecular flexibility index (Phi) is 4.84. The molecule has 0 aliphatic carbocycles. The Labute approximate surface area is 114 Å². The maximum absolute atomic E-state index is 11.5. The lowest BCUT2D eigenvalue weighted by molar-refractivity contribution is -0.121. The summed E-state index contributed by atoms with van der Waals surface area (Å²) in [5.74, 6) is -0.147. The molecule has 1 unspecified atom stereocenters. The van der Waals surface area contributed by atoms with E-state index in [2.05, 4.69) is 10.3 Å². The van der Waals surface area contributed by atoms with Gasteiger partial charge in [0.05, 0.1) is 27.9 Å². The number of hydrogen-bond acceptors (Lipinski definition) is 5. The summed E-state index contributed by atoms with van der Waals surface area (Å²) in [7, 11) is 0. The minimum Gasteiger partial charge on any atom is -0.394 e. The Morgan fingerprint density at radius 1 is 1.42 bits per heavy atom. The second kappa shape index (κ2) is 6.60. The molecule has 1 aromatic carbocycles. The van der Waals surface area contributed by atoms with Crippen molar-refractivity contribution in [3.05, 3.63) is 29.3 Å². The van der Waals surface area contributed by atoms with E-state index in [1.165, 1.54) is 0 Å². The van der Waals surface area contributed by atoms with Gasteiger partial charge in [-0.3, -0.25) is 4.79 Å². The van der Waals surface area contributed by atoms with Crippen LogP contribution in [0.4, 0.5) is 0 Å². The fourth-order valence-corrected chi connectivity index (χ4v) is 2.60. The van der Waals surface area contributed by atoms with Gasteiger partial charge in [-0.25, -0.2) is 4.98 Å². The van der Waals surface area contributed by atoms with Crippen molar-refractivity contribution in [3.63, 3.8) is 0 Å². The van der Waals surface area contributed by atoms with Gasteiger partial charge in [0.25, 0.3) is 0 Å². The van der Waals surface area contributed by atoms with Crippen molar-refractivity contribution >= 4 is 27.5 Å². The molecule has 5 nitrogen and oxygen atoms in total. The topological polar surface area (TPSA) is 82.5 Å². The van der Waals surface area contributed by atoms with Crippen LogP contribution in [0.15, 0.2) is 24.3 Å². The van der Waals surface area contributed by atoms with Crippen molar-refractivity contribution in [1.82, 2.24) is 10.3 Å². The standard InChI is InChI=1S/C13H16N2O3S/c16-8-9(17)7-14-12(18)5-6-13-15-10-3-1-2-4-11(10)19-13/h1-4,9,16-17H,5-8H2,(H,14,18). The predicted octanol–water partition coefficient (Wildman–Crippen LogP) is 0.698. The fraction of sp³-hybridized carbons (Fsp3) is 0.385. The van der Waals surface area contributed by atoms with E-state index in [1.807, 2.05) is 24.3 Å². The molecule has 6 heteroatoms. The Balaban J connectivity index is 1.83. The largest absolute Gasteiger partial charge is 0.394 e. The number of hydrogen-bond donors (Lipinski definition) is 3. The number of amides is 1. The molecule has 0 saturated carbocycles. The monoisotopic (exact) mass is 280 g/mol. The fourth-order valence-electron chi connectivity index (χ4n) is 1.63. The van der Waals surface area contributed by atoms with Gasteiger partial charge in [-0.15, -0.1) is 11.3 Å². The average molecular weight is 280 g/mol. The summed E-state index contributed by atoms with van der Waals surface area (Å²) in [5.41, 5.74) is 0.957. The van der Waals surface area contributed by atoms with Crippen molar-refractivity contribution in [2.45, 2.75) is 18.9 Å². The van der Waals surface area contributed by atoms with Gasteiger partial charge in [0.15, 0.2) is 0 Å². The summed E-state index contributed by atoms with van der Waals surface area (Å²) < 4.78 is 1.12. The Bertz CT molecular complexity index is 523. The van der Waals surface area contributed by atoms with Gasteiger partial charge >= 0.3 is 0 Å². The molecular formula is C13H16N2O3S. The number of thiazole rings is 1. The molecule has 1 atom stereocenters. The summed E-state index contributed by atoms with van der Waals surface area (Å²) in [6, 6.07) is 7.86. The summed E-state index contributed by atoms with van der Waals surface area (Å²) in [6.07, 6.45) is 0.0182. The maximum Gasteiger partial charge on any atom is 0.220 e. The Morgan fingerprint density at radius 3 is 2.95 bits per heavy atom. The summed E-state index contributed by atoms with van der Waals surface area (Å²) in [4.78, 5) is 16.0. The number of aliphatic hydroxyl groups is 2. The lowest BCUT2D eigenvalue weighted by Gasteiger charge is -2.08. The van der Waals surface area contributed by atoms with Gasteiger partial charge in [-0.2, -0.15) is 0 Å². The molecular weight excluding hydrogens is 264 g/mol. The van der Waals surface area contributed by atoms with Crippen LogP contribution in [0, 0.1) is 0 Å². The van der Waals surface area contributed by atoms with Crippen LogP contribution < -0.4 is 5.32 Å². The van der Waals surface area contributed by atoms with E-state index in [0.717, 1.165) is 15.2 Å². The summed E-state index contributed by atoms with van der Waals surface area (Å²) >= 11 is 1.59. The minimum absolute atomic E-state index is 0.0785. The number of rotatable bonds is 6. The first kappa shape index (κ1) is 13.9. The SMILES string of the molecule is O=C(CCc1nc2ccccc2s1)NCC(O)CO. The van der Waals surface area contributed by atoms with E-state index in [9.17, 15) is 4.79 Å². The van der Waals surface area contributed by atoms with Crippen LogP contribution in [0.2, 0.25) is 0 Å². The highest BCUT2D eigenvalue weighted by Gasteiger charge is 2.08. The highest BCUT2D eigenvalue weighted by atomic mass is 32.1. The molecule has 1 heterocycles. The van der Waals surface area contributed by atoms with E-state index in [1.54, 1.807) is 11.3 Å². The van der Waals surface area contributed by atoms with Crippen molar-refractivity contribution in [3.8, 4) is 0 Å². The molecule has 19 heavy (non-hydrogen) atoms. The lowest BCUT2D eigenvalue weighted by Crippen LogP contribution is -2.33. The zero-order valence-electron chi connectivity index (χ0n) is 10.4. The summed E-state index contributed by atoms with van der Waals surface area (Å²) in [5, 5.41) is 21.2. The normalized spacial score (nSPS) is 12.5. The van der Waals surface area contributed by atoms with Crippen LogP contribution in [0.25, 0.3) is 10.2 Å². The van der Waals surface area contributed by atoms with Crippen molar-refractivity contribution in [2.24, 2.45) is 0 Å². The van der Waals surface area contributed by atoms with E-state index in [0.29, 0.717) is 12.8 Å². The number of nitrogens with one attached hydrogen (secondary N) is 1. The van der Waals surface area contributed by atoms with Crippen LogP contribution in [0.3, 0.4) is 0 Å². The van der Waals surface area contributed by atoms with Crippen molar-refractivity contribution < 1.29 is 15.0 Å². The van der Waals surface area contributed by atoms with Gasteiger partial charge in [0.2, 0.25) is 5.91 Å². The third-order valence-corrected chi connectivity index (χ3v) is 3.75. The Morgan fingerprint density at radius 2 is 2.21 bits per heavy atom. The van der Waals surface area contributed by atoms with Crippen molar-refractivity contribution in [1.29, 1.82) is 0 Å². The highest BCUT2D eigenvalue weighted by molar-refractivity contribution is 7.18. The quantitative estimate of drug-likeness (QED) is 0.727. The number of carbonyl (C=O) groups is 1. The van der Waals surface area contributed by atoms with Crippen LogP contribution >= 0.6 is 11.3 Å². The van der Waals surface area contributed by atoms with E-state index in [4.69, 9.17) is 10.2 Å². The van der Waals surface area contributed by atoms with Gasteiger partial charge in [0, 0.05) is 19.4 Å². The second-order valence-corrected chi connectivity index (χ2v) is 5.33. The third kappa shape index (κ3) is 3.99. The molecule has 0 aliphatic rings. The number of benzene rings is 1. The van der Waals surface area contributed by atoms with Gasteiger partial charge in [0.1, 0.15) is 0 Å². The maximum atomic E-state index is 11.5. The van der Waals surface area contributed by atoms with Crippen molar-refractivity contribution in [2.75, 3.05) is 13.2 Å². The number of para-hydroxylation sites is 1. The number of aromatic nitrogens is 1. The first-order chi connectivity index (χ1) is 9.19. The van der Waals surface area contributed by atoms with E-state index in [-0.39, 0.29) is 19.1 Å². The van der Waals surface area contributed by atoms with E-state index >= 15 is 0 Å². The molecule has 1 amide bonds. The van der Waals surface area contributed by atoms with Crippen LogP contribution in [0.1, 0.15) is 11.4 Å². The molecule has 3 N–H and O–H groups in total. The Hall–Kier alpha value is -1.50. The molecule has 0 spiro atoms. The molecule has 0 bridgehead atoms. The van der Waals surface area contributed by atoms with Crippen LogP contribution in [-0.4, -0.2) is 40.4 Å². The number of aryl methyl sites for hydroxylation is 1. The predicted molar refractivity (Wildman–Crippen MR) is 74.0 cm³/mol. The third-order valence-electron chi connectivity index (χ3n) is 2.65.